The lowest BCUT2D eigenvalue weighted by molar-refractivity contribution is 0.356. The molecule has 0 radical (unpaired) electrons. The van der Waals surface area contributed by atoms with Crippen molar-refractivity contribution < 1.29 is 14.2 Å². The van der Waals surface area contributed by atoms with Crippen LogP contribution in [0, 0.1) is 0 Å². The molecule has 138 valence electrons. The quantitative estimate of drug-likeness (QED) is 0.481. The second-order valence-corrected chi connectivity index (χ2v) is 7.48. The fourth-order valence-corrected chi connectivity index (χ4v) is 4.30. The minimum absolute atomic E-state index is 0.663. The molecule has 0 aliphatic carbocycles. The van der Waals surface area contributed by atoms with Gasteiger partial charge in [-0.05, 0) is 12.1 Å². The van der Waals surface area contributed by atoms with Crippen LogP contribution >= 0.6 is 22.7 Å². The van der Waals surface area contributed by atoms with Crippen LogP contribution < -0.4 is 19.5 Å². The molecule has 2 heterocycles. The summed E-state index contributed by atoms with van der Waals surface area (Å²) in [5.41, 5.74) is 2.76. The molecule has 0 atom stereocenters. The number of rotatable bonds is 6. The van der Waals surface area contributed by atoms with Gasteiger partial charge >= 0.3 is 0 Å². The predicted molar refractivity (Wildman–Crippen MR) is 110 cm³/mol. The number of anilines is 2. The summed E-state index contributed by atoms with van der Waals surface area (Å²) in [6.07, 6.45) is 0. The van der Waals surface area contributed by atoms with E-state index in [4.69, 9.17) is 14.2 Å². The average molecular weight is 399 g/mol. The Kier molecular flexibility index (Phi) is 4.83. The van der Waals surface area contributed by atoms with Crippen LogP contribution in [0.3, 0.4) is 0 Å². The van der Waals surface area contributed by atoms with E-state index in [0.29, 0.717) is 11.5 Å². The Labute approximate surface area is 164 Å². The van der Waals surface area contributed by atoms with Crippen LogP contribution in [-0.2, 0) is 0 Å². The second kappa shape index (κ2) is 7.42. The largest absolute Gasteiger partial charge is 0.497 e. The third kappa shape index (κ3) is 3.54. The molecule has 4 rings (SSSR count). The number of fused-ring (bicyclic) bond motifs is 1. The lowest BCUT2D eigenvalue weighted by Crippen LogP contribution is -1.90. The van der Waals surface area contributed by atoms with Crippen LogP contribution in [0.4, 0.5) is 10.3 Å². The summed E-state index contributed by atoms with van der Waals surface area (Å²) in [6, 6.07) is 11.7. The van der Waals surface area contributed by atoms with E-state index in [-0.39, 0.29) is 0 Å². The van der Waals surface area contributed by atoms with Gasteiger partial charge < -0.3 is 19.5 Å². The van der Waals surface area contributed by atoms with Crippen molar-refractivity contribution >= 4 is 43.2 Å². The molecule has 0 aliphatic rings. The maximum absolute atomic E-state index is 5.36. The summed E-state index contributed by atoms with van der Waals surface area (Å²) in [6.45, 7) is 0. The smallest absolute Gasteiger partial charge is 0.190 e. The van der Waals surface area contributed by atoms with Gasteiger partial charge in [0, 0.05) is 23.1 Å². The third-order valence-electron chi connectivity index (χ3n) is 3.98. The maximum atomic E-state index is 5.36. The zero-order valence-corrected chi connectivity index (χ0v) is 16.6. The molecule has 4 aromatic rings. The summed E-state index contributed by atoms with van der Waals surface area (Å²) in [7, 11) is 4.90. The van der Waals surface area contributed by atoms with Gasteiger partial charge in [0.1, 0.15) is 5.75 Å². The summed E-state index contributed by atoms with van der Waals surface area (Å²) < 4.78 is 17.0. The summed E-state index contributed by atoms with van der Waals surface area (Å²) in [5, 5.41) is 6.85. The Morgan fingerprint density at radius 2 is 1.70 bits per heavy atom. The molecule has 27 heavy (non-hydrogen) atoms. The predicted octanol–water partition coefficient (Wildman–Crippen LogP) is 5.19. The standard InChI is InChI=1S/C19H17N3O3S2/c1-23-12-6-4-5-11(7-12)14-10-26-18(21-14)22-19-20-13-8-15(24-2)16(25-3)9-17(13)27-19/h4-10H,1-3H3,(H,20,21,22). The molecule has 1 N–H and O–H groups in total. The highest BCUT2D eigenvalue weighted by atomic mass is 32.1. The molecule has 6 nitrogen and oxygen atoms in total. The first-order valence-corrected chi connectivity index (χ1v) is 9.79. The molecule has 0 unspecified atom stereocenters. The fourth-order valence-electron chi connectivity index (χ4n) is 2.65. The number of nitrogens with zero attached hydrogens (tertiary/aromatic N) is 2. The van der Waals surface area contributed by atoms with E-state index in [2.05, 4.69) is 15.3 Å². The average Bonchev–Trinajstić information content (AvgIpc) is 3.33. The molecule has 8 heteroatoms. The number of benzene rings is 2. The number of methoxy groups -OCH3 is 3. The minimum atomic E-state index is 0.663. The van der Waals surface area contributed by atoms with Crippen LogP contribution in [-0.4, -0.2) is 31.3 Å². The van der Waals surface area contributed by atoms with E-state index in [1.165, 1.54) is 11.3 Å². The van der Waals surface area contributed by atoms with Crippen LogP contribution in [0.5, 0.6) is 17.2 Å². The van der Waals surface area contributed by atoms with E-state index in [1.807, 2.05) is 41.8 Å². The van der Waals surface area contributed by atoms with Crippen molar-refractivity contribution in [1.82, 2.24) is 9.97 Å². The van der Waals surface area contributed by atoms with Gasteiger partial charge in [0.2, 0.25) is 0 Å². The van der Waals surface area contributed by atoms with E-state index in [1.54, 1.807) is 32.7 Å². The van der Waals surface area contributed by atoms with Gasteiger partial charge in [-0.1, -0.05) is 23.5 Å². The molecular formula is C19H17N3O3S2. The lowest BCUT2D eigenvalue weighted by Gasteiger charge is -2.05. The van der Waals surface area contributed by atoms with Crippen LogP contribution in [0.15, 0.2) is 41.8 Å². The minimum Gasteiger partial charge on any atom is -0.497 e. The number of ether oxygens (including phenoxy) is 3. The van der Waals surface area contributed by atoms with E-state index >= 15 is 0 Å². The number of hydrogen-bond acceptors (Lipinski definition) is 8. The van der Waals surface area contributed by atoms with Gasteiger partial charge in [-0.3, -0.25) is 0 Å². The highest BCUT2D eigenvalue weighted by molar-refractivity contribution is 7.22. The first-order valence-electron chi connectivity index (χ1n) is 8.09. The van der Waals surface area contributed by atoms with Crippen LogP contribution in [0.25, 0.3) is 21.5 Å². The monoisotopic (exact) mass is 399 g/mol. The highest BCUT2D eigenvalue weighted by Gasteiger charge is 2.12. The van der Waals surface area contributed by atoms with Crippen LogP contribution in [0.2, 0.25) is 0 Å². The number of hydrogen-bond donors (Lipinski definition) is 1. The molecule has 0 aliphatic heterocycles. The zero-order chi connectivity index (χ0) is 18.8. The second-order valence-electron chi connectivity index (χ2n) is 5.59. The fraction of sp³-hybridized carbons (Fsp3) is 0.158. The molecule has 0 saturated carbocycles. The Morgan fingerprint density at radius 3 is 2.48 bits per heavy atom. The molecule has 0 fully saturated rings. The van der Waals surface area contributed by atoms with Crippen molar-refractivity contribution in [3.05, 3.63) is 41.8 Å². The van der Waals surface area contributed by atoms with E-state index in [0.717, 1.165) is 37.5 Å². The molecule has 0 bridgehead atoms. The Morgan fingerprint density at radius 1 is 0.889 bits per heavy atom. The third-order valence-corrected chi connectivity index (χ3v) is 5.67. The van der Waals surface area contributed by atoms with Crippen LogP contribution in [0.1, 0.15) is 0 Å². The molecule has 0 spiro atoms. The molecule has 2 aromatic heterocycles. The molecule has 0 saturated heterocycles. The summed E-state index contributed by atoms with van der Waals surface area (Å²) in [4.78, 5) is 9.28. The topological polar surface area (TPSA) is 65.5 Å². The van der Waals surface area contributed by atoms with Gasteiger partial charge in [0.25, 0.3) is 0 Å². The van der Waals surface area contributed by atoms with Crippen molar-refractivity contribution in [3.63, 3.8) is 0 Å². The maximum Gasteiger partial charge on any atom is 0.190 e. The van der Waals surface area contributed by atoms with Gasteiger partial charge in [0.05, 0.1) is 37.2 Å². The number of thiazole rings is 2. The SMILES string of the molecule is COc1cccc(-c2csc(Nc3nc4cc(OC)c(OC)cc4s3)n2)c1. The van der Waals surface area contributed by atoms with Gasteiger partial charge in [-0.25, -0.2) is 9.97 Å². The molecular weight excluding hydrogens is 382 g/mol. The Hall–Kier alpha value is -2.84. The molecule has 0 amide bonds. The zero-order valence-electron chi connectivity index (χ0n) is 15.0. The van der Waals surface area contributed by atoms with Gasteiger partial charge in [-0.2, -0.15) is 0 Å². The highest BCUT2D eigenvalue weighted by Crippen LogP contribution is 2.37. The van der Waals surface area contributed by atoms with Crippen molar-refractivity contribution in [2.24, 2.45) is 0 Å². The van der Waals surface area contributed by atoms with Gasteiger partial charge in [0.15, 0.2) is 21.8 Å². The van der Waals surface area contributed by atoms with Crippen molar-refractivity contribution in [3.8, 4) is 28.5 Å². The van der Waals surface area contributed by atoms with E-state index < -0.39 is 0 Å². The molecule has 2 aromatic carbocycles. The Balaban J connectivity index is 1.60. The van der Waals surface area contributed by atoms with Gasteiger partial charge in [-0.15, -0.1) is 11.3 Å². The lowest BCUT2D eigenvalue weighted by atomic mass is 10.2. The number of aromatic nitrogens is 2. The van der Waals surface area contributed by atoms with Crippen molar-refractivity contribution in [2.45, 2.75) is 0 Å². The first-order chi connectivity index (χ1) is 13.2. The van der Waals surface area contributed by atoms with Crippen molar-refractivity contribution in [1.29, 1.82) is 0 Å². The summed E-state index contributed by atoms with van der Waals surface area (Å²) >= 11 is 3.07. The van der Waals surface area contributed by atoms with Crippen molar-refractivity contribution in [2.75, 3.05) is 26.6 Å². The normalized spacial score (nSPS) is 10.8. The number of nitrogens with one attached hydrogen (secondary N) is 1. The Bertz CT molecular complexity index is 1050. The van der Waals surface area contributed by atoms with E-state index in [9.17, 15) is 0 Å². The first kappa shape index (κ1) is 17.6. The summed E-state index contributed by atoms with van der Waals surface area (Å²) in [5.74, 6) is 2.16.